The minimum absolute atomic E-state index is 0.0566. The zero-order valence-electron chi connectivity index (χ0n) is 12.7. The van der Waals surface area contributed by atoms with Crippen LogP contribution >= 0.6 is 0 Å². The summed E-state index contributed by atoms with van der Waals surface area (Å²) in [5, 5.41) is 15.8. The molecule has 0 unspecified atom stereocenters. The van der Waals surface area contributed by atoms with Crippen LogP contribution < -0.4 is 10.9 Å². The topological polar surface area (TPSA) is 118 Å². The van der Waals surface area contributed by atoms with Crippen LogP contribution in [0.5, 0.6) is 0 Å². The minimum Gasteiger partial charge on any atom is -0.383 e. The van der Waals surface area contributed by atoms with Crippen molar-refractivity contribution in [3.05, 3.63) is 33.8 Å². The number of nitrogens with zero attached hydrogens (tertiary/aromatic N) is 3. The third-order valence-electron chi connectivity index (χ3n) is 3.33. The zero-order chi connectivity index (χ0) is 15.9. The largest absolute Gasteiger partial charge is 0.383 e. The number of hydrogen-bond acceptors (Lipinski definition) is 5. The molecular formula is C13H20N6O3. The Morgan fingerprint density at radius 1 is 1.45 bits per heavy atom. The Kier molecular flexibility index (Phi) is 5.48. The van der Waals surface area contributed by atoms with Gasteiger partial charge in [-0.15, -0.1) is 10.2 Å². The molecule has 1 amide bonds. The van der Waals surface area contributed by atoms with Gasteiger partial charge < -0.3 is 19.7 Å². The number of aromatic amines is 2. The van der Waals surface area contributed by atoms with Crippen LogP contribution in [0.25, 0.3) is 0 Å². The molecule has 2 heterocycles. The first-order valence-electron chi connectivity index (χ1n) is 7.00. The van der Waals surface area contributed by atoms with Crippen molar-refractivity contribution in [2.75, 3.05) is 20.3 Å². The Hall–Kier alpha value is -2.42. The summed E-state index contributed by atoms with van der Waals surface area (Å²) in [6, 6.07) is 0. The molecule has 0 aliphatic rings. The van der Waals surface area contributed by atoms with Gasteiger partial charge in [-0.05, 0) is 6.92 Å². The van der Waals surface area contributed by atoms with Crippen LogP contribution in [-0.2, 0) is 28.9 Å². The molecule has 0 aliphatic heterocycles. The maximum absolute atomic E-state index is 11.9. The summed E-state index contributed by atoms with van der Waals surface area (Å²) in [5.41, 5.74) is 0.882. The van der Waals surface area contributed by atoms with E-state index in [2.05, 4.69) is 25.7 Å². The summed E-state index contributed by atoms with van der Waals surface area (Å²) in [6.07, 6.45) is 2.26. The monoisotopic (exact) mass is 308 g/mol. The Balaban J connectivity index is 1.80. The molecule has 0 atom stereocenters. The van der Waals surface area contributed by atoms with Gasteiger partial charge in [0, 0.05) is 37.9 Å². The smallest absolute Gasteiger partial charge is 0.267 e. The Bertz CT molecular complexity index is 671. The quantitative estimate of drug-likeness (QED) is 0.587. The highest BCUT2D eigenvalue weighted by Crippen LogP contribution is 1.99. The molecule has 2 rings (SSSR count). The number of methoxy groups -OCH3 is 1. The summed E-state index contributed by atoms with van der Waals surface area (Å²) < 4.78 is 6.90. The molecule has 0 fully saturated rings. The Labute approximate surface area is 127 Å². The predicted octanol–water partition coefficient (Wildman–Crippen LogP) is -0.849. The first-order valence-corrected chi connectivity index (χ1v) is 7.00. The van der Waals surface area contributed by atoms with E-state index in [0.717, 1.165) is 5.82 Å². The lowest BCUT2D eigenvalue weighted by atomic mass is 10.2. The number of ether oxygens (including phenoxy) is 1. The second-order valence-electron chi connectivity index (χ2n) is 4.89. The van der Waals surface area contributed by atoms with E-state index >= 15 is 0 Å². The molecule has 0 aliphatic carbocycles. The summed E-state index contributed by atoms with van der Waals surface area (Å²) in [5.74, 6) is 0.587. The molecule has 120 valence electrons. The van der Waals surface area contributed by atoms with E-state index in [-0.39, 0.29) is 17.9 Å². The molecule has 9 heteroatoms. The van der Waals surface area contributed by atoms with E-state index in [1.165, 1.54) is 0 Å². The van der Waals surface area contributed by atoms with Gasteiger partial charge in [-0.2, -0.15) is 0 Å². The molecule has 3 N–H and O–H groups in total. The molecule has 22 heavy (non-hydrogen) atoms. The highest BCUT2D eigenvalue weighted by Gasteiger charge is 2.11. The highest BCUT2D eigenvalue weighted by atomic mass is 16.5. The van der Waals surface area contributed by atoms with Crippen molar-refractivity contribution in [3.63, 3.8) is 0 Å². The molecule has 0 aromatic carbocycles. The van der Waals surface area contributed by atoms with Crippen molar-refractivity contribution >= 4 is 5.91 Å². The normalized spacial score (nSPS) is 10.8. The lowest BCUT2D eigenvalue weighted by Gasteiger charge is -2.07. The second kappa shape index (κ2) is 7.55. The molecule has 0 saturated heterocycles. The number of H-pyrrole nitrogens is 2. The van der Waals surface area contributed by atoms with Crippen LogP contribution in [0.15, 0.2) is 11.1 Å². The van der Waals surface area contributed by atoms with Crippen LogP contribution in [0, 0.1) is 6.92 Å². The van der Waals surface area contributed by atoms with Crippen molar-refractivity contribution in [1.29, 1.82) is 0 Å². The first kappa shape index (κ1) is 16.0. The molecule has 0 spiro atoms. The van der Waals surface area contributed by atoms with Gasteiger partial charge in [-0.3, -0.25) is 14.7 Å². The van der Waals surface area contributed by atoms with Crippen LogP contribution in [0.1, 0.15) is 17.1 Å². The van der Waals surface area contributed by atoms with Crippen molar-refractivity contribution in [1.82, 2.24) is 30.3 Å². The lowest BCUT2D eigenvalue weighted by molar-refractivity contribution is -0.120. The predicted molar refractivity (Wildman–Crippen MR) is 78.5 cm³/mol. The zero-order valence-corrected chi connectivity index (χ0v) is 12.7. The van der Waals surface area contributed by atoms with Gasteiger partial charge in [0.25, 0.3) is 5.56 Å². The van der Waals surface area contributed by atoms with E-state index in [0.29, 0.717) is 37.4 Å². The highest BCUT2D eigenvalue weighted by molar-refractivity contribution is 5.78. The summed E-state index contributed by atoms with van der Waals surface area (Å²) >= 11 is 0. The molecule has 0 radical (unpaired) electrons. The number of hydrogen-bond donors (Lipinski definition) is 3. The van der Waals surface area contributed by atoms with Crippen molar-refractivity contribution in [2.45, 2.75) is 26.3 Å². The number of aryl methyl sites for hydroxylation is 1. The minimum atomic E-state index is -0.257. The molecule has 9 nitrogen and oxygen atoms in total. The van der Waals surface area contributed by atoms with E-state index < -0.39 is 0 Å². The fourth-order valence-electron chi connectivity index (χ4n) is 2.07. The number of rotatable bonds is 8. The van der Waals surface area contributed by atoms with Gasteiger partial charge in [-0.25, -0.2) is 0 Å². The molecular weight excluding hydrogens is 288 g/mol. The van der Waals surface area contributed by atoms with E-state index in [1.807, 2.05) is 4.57 Å². The summed E-state index contributed by atoms with van der Waals surface area (Å²) in [6.45, 7) is 3.43. The van der Waals surface area contributed by atoms with Crippen molar-refractivity contribution in [3.8, 4) is 0 Å². The summed E-state index contributed by atoms with van der Waals surface area (Å²) in [7, 11) is 1.63. The van der Waals surface area contributed by atoms with Gasteiger partial charge in [0.2, 0.25) is 5.91 Å². The van der Waals surface area contributed by atoms with E-state index in [1.54, 1.807) is 20.4 Å². The second-order valence-corrected chi connectivity index (χ2v) is 4.89. The van der Waals surface area contributed by atoms with Gasteiger partial charge in [-0.1, -0.05) is 0 Å². The number of amides is 1. The van der Waals surface area contributed by atoms with E-state index in [9.17, 15) is 9.59 Å². The fourth-order valence-corrected chi connectivity index (χ4v) is 2.07. The number of nitrogens with one attached hydrogen (secondary N) is 3. The SMILES string of the molecule is COCCn1cnnc1CCNC(=O)Cc1c(C)[nH][nH]c1=O. The third-order valence-corrected chi connectivity index (χ3v) is 3.33. The van der Waals surface area contributed by atoms with Crippen LogP contribution in [0.3, 0.4) is 0 Å². The standard InChI is InChI=1S/C13H20N6O3/c1-9-10(13(21)18-16-9)7-12(20)14-4-3-11-17-15-8-19(11)5-6-22-2/h8H,3-7H2,1-2H3,(H,14,20)(H2,16,18,21). The maximum atomic E-state index is 11.9. The molecule has 2 aromatic rings. The van der Waals surface area contributed by atoms with Gasteiger partial charge in [0.05, 0.1) is 13.0 Å². The van der Waals surface area contributed by atoms with Crippen molar-refractivity contribution < 1.29 is 9.53 Å². The fraction of sp³-hybridized carbons (Fsp3) is 0.538. The average Bonchev–Trinajstić information content (AvgIpc) is 3.06. The number of aromatic nitrogens is 5. The average molecular weight is 308 g/mol. The Morgan fingerprint density at radius 2 is 2.27 bits per heavy atom. The van der Waals surface area contributed by atoms with Crippen LogP contribution in [0.2, 0.25) is 0 Å². The van der Waals surface area contributed by atoms with Crippen LogP contribution in [-0.4, -0.2) is 51.1 Å². The number of carbonyl (C=O) groups is 1. The summed E-state index contributed by atoms with van der Waals surface area (Å²) in [4.78, 5) is 23.3. The molecule has 2 aromatic heterocycles. The molecule has 0 bridgehead atoms. The molecule has 0 saturated carbocycles. The Morgan fingerprint density at radius 3 is 2.95 bits per heavy atom. The maximum Gasteiger partial charge on any atom is 0.267 e. The van der Waals surface area contributed by atoms with Gasteiger partial charge in [0.15, 0.2) is 0 Å². The van der Waals surface area contributed by atoms with E-state index in [4.69, 9.17) is 4.74 Å². The third kappa shape index (κ3) is 4.04. The van der Waals surface area contributed by atoms with Crippen molar-refractivity contribution in [2.24, 2.45) is 0 Å². The van der Waals surface area contributed by atoms with Crippen LogP contribution in [0.4, 0.5) is 0 Å². The van der Waals surface area contributed by atoms with Gasteiger partial charge in [0.1, 0.15) is 12.2 Å². The van der Waals surface area contributed by atoms with Gasteiger partial charge >= 0.3 is 0 Å². The first-order chi connectivity index (χ1) is 10.6. The lowest BCUT2D eigenvalue weighted by Crippen LogP contribution is -2.29. The number of carbonyl (C=O) groups excluding carboxylic acids is 1.